The molecule has 0 radical (unpaired) electrons. The summed E-state index contributed by atoms with van der Waals surface area (Å²) < 4.78 is 16.2. The van der Waals surface area contributed by atoms with Crippen molar-refractivity contribution in [3.8, 4) is 17.2 Å². The summed E-state index contributed by atoms with van der Waals surface area (Å²) in [5.41, 5.74) is 3.27. The van der Waals surface area contributed by atoms with Crippen molar-refractivity contribution in [1.82, 2.24) is 5.32 Å². The van der Waals surface area contributed by atoms with Gasteiger partial charge >= 0.3 is 0 Å². The van der Waals surface area contributed by atoms with Crippen LogP contribution in [0.4, 0.5) is 0 Å². The molecule has 6 heteroatoms. The van der Waals surface area contributed by atoms with Gasteiger partial charge in [-0.1, -0.05) is 18.2 Å². The number of hydrogen-bond acceptors (Lipinski definition) is 5. The highest BCUT2D eigenvalue weighted by molar-refractivity contribution is 6.02. The van der Waals surface area contributed by atoms with Gasteiger partial charge in [-0.15, -0.1) is 0 Å². The minimum Gasteiger partial charge on any atom is -0.497 e. The number of nitrogens with one attached hydrogen (secondary N) is 1. The molecule has 0 unspecified atom stereocenters. The number of carbonyl (C=O) groups excluding carboxylic acids is 2. The zero-order valence-electron chi connectivity index (χ0n) is 17.4. The maximum atomic E-state index is 13.3. The summed E-state index contributed by atoms with van der Waals surface area (Å²) in [6.45, 7) is 0. The number of allylic oxidation sites excluding steroid dienone is 2. The van der Waals surface area contributed by atoms with Crippen molar-refractivity contribution in [3.05, 3.63) is 64.9 Å². The first-order valence-electron chi connectivity index (χ1n) is 9.96. The Morgan fingerprint density at radius 1 is 0.867 bits per heavy atom. The number of benzene rings is 2. The molecule has 2 aliphatic rings. The number of ether oxygens (including phenoxy) is 3. The smallest absolute Gasteiger partial charge is 0.225 e. The number of carbonyl (C=O) groups is 2. The summed E-state index contributed by atoms with van der Waals surface area (Å²) in [5, 5.41) is 2.96. The first-order valence-corrected chi connectivity index (χ1v) is 9.96. The van der Waals surface area contributed by atoms with E-state index in [4.69, 9.17) is 14.2 Å². The average Bonchev–Trinajstić information content (AvgIpc) is 2.77. The van der Waals surface area contributed by atoms with Crippen LogP contribution in [0.15, 0.2) is 53.7 Å². The minimum atomic E-state index is -0.326. The molecule has 1 aliphatic carbocycles. The zero-order valence-corrected chi connectivity index (χ0v) is 17.4. The predicted molar refractivity (Wildman–Crippen MR) is 112 cm³/mol. The Hall–Kier alpha value is -3.28. The first-order chi connectivity index (χ1) is 14.5. The molecular weight excluding hydrogens is 382 g/mol. The molecule has 2 aromatic rings. The lowest BCUT2D eigenvalue weighted by atomic mass is 9.73. The Morgan fingerprint density at radius 2 is 1.63 bits per heavy atom. The Morgan fingerprint density at radius 3 is 2.37 bits per heavy atom. The maximum absolute atomic E-state index is 13.3. The quantitative estimate of drug-likeness (QED) is 0.818. The number of ketones is 1. The molecule has 156 valence electrons. The van der Waals surface area contributed by atoms with Gasteiger partial charge in [0.15, 0.2) is 5.78 Å². The van der Waals surface area contributed by atoms with Gasteiger partial charge in [-0.05, 0) is 36.1 Å². The molecule has 1 amide bonds. The zero-order chi connectivity index (χ0) is 21.3. The fraction of sp³-hybridized carbons (Fsp3) is 0.333. The highest BCUT2D eigenvalue weighted by Crippen LogP contribution is 2.45. The maximum Gasteiger partial charge on any atom is 0.225 e. The van der Waals surface area contributed by atoms with E-state index in [0.29, 0.717) is 29.9 Å². The summed E-state index contributed by atoms with van der Waals surface area (Å²) in [5.74, 6) is 1.69. The van der Waals surface area contributed by atoms with E-state index in [1.165, 1.54) is 0 Å². The molecule has 0 aromatic heterocycles. The number of rotatable bonds is 5. The lowest BCUT2D eigenvalue weighted by Crippen LogP contribution is -2.38. The molecule has 1 aliphatic heterocycles. The summed E-state index contributed by atoms with van der Waals surface area (Å²) >= 11 is 0. The van der Waals surface area contributed by atoms with Crippen molar-refractivity contribution in [3.63, 3.8) is 0 Å². The van der Waals surface area contributed by atoms with Gasteiger partial charge in [0.05, 0.1) is 21.3 Å². The second-order valence-corrected chi connectivity index (χ2v) is 7.61. The third kappa shape index (κ3) is 3.65. The molecule has 1 N–H and O–H groups in total. The van der Waals surface area contributed by atoms with E-state index in [-0.39, 0.29) is 29.9 Å². The lowest BCUT2D eigenvalue weighted by molar-refractivity contribution is -0.122. The molecule has 1 heterocycles. The fourth-order valence-corrected chi connectivity index (χ4v) is 4.46. The third-order valence-electron chi connectivity index (χ3n) is 5.92. The Balaban J connectivity index is 1.72. The van der Waals surface area contributed by atoms with Crippen molar-refractivity contribution in [2.24, 2.45) is 0 Å². The highest BCUT2D eigenvalue weighted by Gasteiger charge is 2.39. The van der Waals surface area contributed by atoms with Crippen molar-refractivity contribution >= 4 is 11.7 Å². The largest absolute Gasteiger partial charge is 0.497 e. The second kappa shape index (κ2) is 8.22. The molecule has 2 atom stereocenters. The number of hydrogen-bond donors (Lipinski definition) is 1. The van der Waals surface area contributed by atoms with Crippen LogP contribution in [0.2, 0.25) is 0 Å². The summed E-state index contributed by atoms with van der Waals surface area (Å²) in [6.07, 6.45) is 1.23. The van der Waals surface area contributed by atoms with Gasteiger partial charge in [-0.3, -0.25) is 9.59 Å². The van der Waals surface area contributed by atoms with E-state index in [9.17, 15) is 9.59 Å². The van der Waals surface area contributed by atoms with Crippen LogP contribution in [0, 0.1) is 0 Å². The van der Waals surface area contributed by atoms with Crippen LogP contribution in [0.25, 0.3) is 0 Å². The van der Waals surface area contributed by atoms with Crippen LogP contribution in [-0.2, 0) is 9.59 Å². The van der Waals surface area contributed by atoms with E-state index >= 15 is 0 Å². The van der Waals surface area contributed by atoms with Crippen molar-refractivity contribution in [1.29, 1.82) is 0 Å². The molecule has 0 saturated heterocycles. The lowest BCUT2D eigenvalue weighted by Gasteiger charge is -2.35. The van der Waals surface area contributed by atoms with E-state index in [1.54, 1.807) is 27.4 Å². The number of methoxy groups -OCH3 is 3. The van der Waals surface area contributed by atoms with Crippen LogP contribution in [-0.4, -0.2) is 33.0 Å². The van der Waals surface area contributed by atoms with E-state index < -0.39 is 0 Å². The molecule has 0 saturated carbocycles. The van der Waals surface area contributed by atoms with Gasteiger partial charge in [0.1, 0.15) is 17.2 Å². The van der Waals surface area contributed by atoms with Crippen LogP contribution in [0.1, 0.15) is 42.2 Å². The van der Waals surface area contributed by atoms with Crippen molar-refractivity contribution in [2.75, 3.05) is 21.3 Å². The van der Waals surface area contributed by atoms with Gasteiger partial charge in [0, 0.05) is 41.7 Å². The molecule has 4 rings (SSSR count). The molecule has 6 nitrogen and oxygen atoms in total. The highest BCUT2D eigenvalue weighted by atomic mass is 16.5. The van der Waals surface area contributed by atoms with E-state index in [0.717, 1.165) is 22.6 Å². The Labute approximate surface area is 175 Å². The Bertz CT molecular complexity index is 1030. The minimum absolute atomic E-state index is 0.00293. The van der Waals surface area contributed by atoms with Crippen LogP contribution in [0.5, 0.6) is 17.2 Å². The van der Waals surface area contributed by atoms with Crippen molar-refractivity contribution < 1.29 is 23.8 Å². The first kappa shape index (κ1) is 20.0. The SMILES string of the molecule is COc1cccc([C@H]2CC(=O)C3=C(C2)NC(=O)C[C@H]3c2ccc(OC)cc2OC)c1. The molecular formula is C24H25NO5. The van der Waals surface area contributed by atoms with E-state index in [1.807, 2.05) is 36.4 Å². The van der Waals surface area contributed by atoms with Gasteiger partial charge < -0.3 is 19.5 Å². The number of amides is 1. The van der Waals surface area contributed by atoms with Crippen molar-refractivity contribution in [2.45, 2.75) is 31.1 Å². The summed E-state index contributed by atoms with van der Waals surface area (Å²) in [7, 11) is 4.80. The summed E-state index contributed by atoms with van der Waals surface area (Å²) in [6, 6.07) is 13.3. The normalized spacial score (nSPS) is 21.0. The molecule has 30 heavy (non-hydrogen) atoms. The predicted octanol–water partition coefficient (Wildman–Crippen LogP) is 3.72. The topological polar surface area (TPSA) is 73.9 Å². The molecule has 0 fully saturated rings. The third-order valence-corrected chi connectivity index (χ3v) is 5.92. The molecule has 2 aromatic carbocycles. The van der Waals surface area contributed by atoms with Gasteiger partial charge in [-0.25, -0.2) is 0 Å². The van der Waals surface area contributed by atoms with E-state index in [2.05, 4.69) is 5.32 Å². The van der Waals surface area contributed by atoms with Gasteiger partial charge in [0.2, 0.25) is 5.91 Å². The molecule has 0 bridgehead atoms. The van der Waals surface area contributed by atoms with Gasteiger partial charge in [0.25, 0.3) is 0 Å². The van der Waals surface area contributed by atoms with Crippen LogP contribution in [0.3, 0.4) is 0 Å². The fourth-order valence-electron chi connectivity index (χ4n) is 4.46. The van der Waals surface area contributed by atoms with Crippen LogP contribution >= 0.6 is 0 Å². The summed E-state index contributed by atoms with van der Waals surface area (Å²) in [4.78, 5) is 25.8. The average molecular weight is 407 g/mol. The second-order valence-electron chi connectivity index (χ2n) is 7.61. The van der Waals surface area contributed by atoms with Gasteiger partial charge in [-0.2, -0.15) is 0 Å². The standard InChI is InChI=1S/C24H25NO5/c1-28-16-6-4-5-14(9-16)15-10-20-24(21(26)11-15)19(13-23(27)25-20)18-8-7-17(29-2)12-22(18)30-3/h4-9,12,15,19H,10-11,13H2,1-3H3,(H,25,27)/t15-,19+/m1/s1. The number of Topliss-reactive ketones (excluding diaryl/α,β-unsaturated/α-hetero) is 1. The monoisotopic (exact) mass is 407 g/mol. The molecule has 0 spiro atoms. The van der Waals surface area contributed by atoms with Crippen LogP contribution < -0.4 is 19.5 Å². The Kier molecular flexibility index (Phi) is 5.48.